The Morgan fingerprint density at radius 1 is 1.07 bits per heavy atom. The van der Waals surface area contributed by atoms with Crippen LogP contribution >= 0.6 is 11.3 Å². The summed E-state index contributed by atoms with van der Waals surface area (Å²) in [6, 6.07) is 15.5. The lowest BCUT2D eigenvalue weighted by Gasteiger charge is -2.15. The maximum atomic E-state index is 13.1. The third-order valence-corrected chi connectivity index (χ3v) is 6.06. The smallest absolute Gasteiger partial charge is 0.291 e. The molecule has 0 saturated carbocycles. The van der Waals surface area contributed by atoms with E-state index in [4.69, 9.17) is 0 Å². The van der Waals surface area contributed by atoms with Crippen molar-refractivity contribution in [3.8, 4) is 11.4 Å². The number of carbonyl (C=O) groups is 1. The number of hydrogen-bond donors (Lipinski definition) is 0. The molecule has 0 aliphatic carbocycles. The summed E-state index contributed by atoms with van der Waals surface area (Å²) in [6.07, 6.45) is 0.840. The van der Waals surface area contributed by atoms with E-state index < -0.39 is 0 Å². The molecule has 0 bridgehead atoms. The highest BCUT2D eigenvalue weighted by Gasteiger charge is 2.33. The van der Waals surface area contributed by atoms with Crippen molar-refractivity contribution in [1.29, 1.82) is 0 Å². The topological polar surface area (TPSA) is 67.6 Å². The van der Waals surface area contributed by atoms with Crippen LogP contribution in [0.3, 0.4) is 0 Å². The van der Waals surface area contributed by atoms with Crippen molar-refractivity contribution < 1.29 is 4.79 Å². The Kier molecular flexibility index (Phi) is 4.06. The highest BCUT2D eigenvalue weighted by atomic mass is 32.1. The van der Waals surface area contributed by atoms with Gasteiger partial charge in [-0.05, 0) is 25.5 Å². The number of rotatable bonds is 3. The van der Waals surface area contributed by atoms with Gasteiger partial charge in [0.2, 0.25) is 4.96 Å². The van der Waals surface area contributed by atoms with Gasteiger partial charge in [-0.3, -0.25) is 9.59 Å². The van der Waals surface area contributed by atoms with Gasteiger partial charge in [0.15, 0.2) is 5.82 Å². The lowest BCUT2D eigenvalue weighted by molar-refractivity contribution is -0.113. The molecule has 0 atom stereocenters. The molecule has 0 spiro atoms. The van der Waals surface area contributed by atoms with Crippen LogP contribution in [-0.2, 0) is 4.79 Å². The fourth-order valence-corrected chi connectivity index (χ4v) is 4.73. The summed E-state index contributed by atoms with van der Waals surface area (Å²) in [5, 5.41) is 4.42. The molecular weight excluding hydrogens is 384 g/mol. The zero-order chi connectivity index (χ0) is 20.1. The minimum absolute atomic E-state index is 0.131. The first-order valence-electron chi connectivity index (χ1n) is 9.50. The third kappa shape index (κ3) is 2.69. The van der Waals surface area contributed by atoms with Crippen LogP contribution in [0.5, 0.6) is 0 Å². The van der Waals surface area contributed by atoms with Gasteiger partial charge in [0.25, 0.3) is 11.5 Å². The molecule has 4 aromatic rings. The Hall–Kier alpha value is -3.32. The fourth-order valence-electron chi connectivity index (χ4n) is 3.74. The Morgan fingerprint density at radius 2 is 1.90 bits per heavy atom. The van der Waals surface area contributed by atoms with Crippen LogP contribution in [-0.4, -0.2) is 27.0 Å². The Bertz CT molecular complexity index is 1390. The van der Waals surface area contributed by atoms with Crippen LogP contribution < -0.4 is 15.0 Å². The number of anilines is 1. The molecule has 29 heavy (non-hydrogen) atoms. The van der Waals surface area contributed by atoms with Crippen LogP contribution in [0.15, 0.2) is 53.3 Å². The summed E-state index contributed by atoms with van der Waals surface area (Å²) in [5.74, 6) is 0.382. The molecule has 2 aromatic heterocycles. The van der Waals surface area contributed by atoms with Gasteiger partial charge >= 0.3 is 0 Å². The molecule has 7 heteroatoms. The van der Waals surface area contributed by atoms with Gasteiger partial charge in [0, 0.05) is 17.7 Å². The maximum Gasteiger partial charge on any atom is 0.291 e. The average Bonchev–Trinajstić information content (AvgIpc) is 3.34. The van der Waals surface area contributed by atoms with Crippen LogP contribution in [0, 0.1) is 6.92 Å². The zero-order valence-corrected chi connectivity index (χ0v) is 16.9. The largest absolute Gasteiger partial charge is 0.308 e. The second-order valence-electron chi connectivity index (χ2n) is 7.08. The number of amides is 1. The second kappa shape index (κ2) is 6.63. The van der Waals surface area contributed by atoms with Gasteiger partial charge in [-0.1, -0.05) is 60.2 Å². The van der Waals surface area contributed by atoms with Gasteiger partial charge in [0.1, 0.15) is 4.53 Å². The van der Waals surface area contributed by atoms with E-state index in [2.05, 4.69) is 10.1 Å². The minimum Gasteiger partial charge on any atom is -0.308 e. The predicted molar refractivity (Wildman–Crippen MR) is 114 cm³/mol. The molecule has 0 saturated heterocycles. The molecule has 0 N–H and O–H groups in total. The normalized spacial score (nSPS) is 15.4. The number of hydrogen-bond acceptors (Lipinski definition) is 5. The first-order valence-corrected chi connectivity index (χ1v) is 10.3. The molecule has 1 aliphatic rings. The summed E-state index contributed by atoms with van der Waals surface area (Å²) in [7, 11) is 0. The van der Waals surface area contributed by atoms with Crippen LogP contribution in [0.2, 0.25) is 0 Å². The highest BCUT2D eigenvalue weighted by molar-refractivity contribution is 7.15. The van der Waals surface area contributed by atoms with E-state index in [1.807, 2.05) is 62.4 Å². The second-order valence-corrected chi connectivity index (χ2v) is 8.06. The van der Waals surface area contributed by atoms with Crippen molar-refractivity contribution in [1.82, 2.24) is 14.6 Å². The summed E-state index contributed by atoms with van der Waals surface area (Å²) >= 11 is 1.22. The number of para-hydroxylation sites is 1. The molecule has 6 nitrogen and oxygen atoms in total. The van der Waals surface area contributed by atoms with E-state index in [0.717, 1.165) is 28.8 Å². The molecule has 0 unspecified atom stereocenters. The van der Waals surface area contributed by atoms with Gasteiger partial charge in [-0.25, -0.2) is 0 Å². The van der Waals surface area contributed by atoms with Gasteiger partial charge in [-0.15, -0.1) is 5.10 Å². The molecule has 3 heterocycles. The van der Waals surface area contributed by atoms with Crippen molar-refractivity contribution in [2.24, 2.45) is 0 Å². The third-order valence-electron chi connectivity index (χ3n) is 5.03. The molecule has 0 fully saturated rings. The lowest BCUT2D eigenvalue weighted by atomic mass is 10.1. The molecule has 2 aromatic carbocycles. The van der Waals surface area contributed by atoms with Crippen molar-refractivity contribution in [3.63, 3.8) is 0 Å². The van der Waals surface area contributed by atoms with Crippen LogP contribution in [0.4, 0.5) is 5.69 Å². The maximum absolute atomic E-state index is 13.1. The van der Waals surface area contributed by atoms with Gasteiger partial charge < -0.3 is 4.90 Å². The summed E-state index contributed by atoms with van der Waals surface area (Å²) in [4.78, 5) is 33.0. The first kappa shape index (κ1) is 17.8. The Morgan fingerprint density at radius 3 is 2.66 bits per heavy atom. The number of aryl methyl sites for hydroxylation is 1. The van der Waals surface area contributed by atoms with Crippen molar-refractivity contribution in [2.75, 3.05) is 11.4 Å². The average molecular weight is 402 g/mol. The van der Waals surface area contributed by atoms with Crippen LogP contribution in [0.1, 0.15) is 24.5 Å². The number of carbonyl (C=O) groups excluding carboxylic acids is 1. The molecular formula is C22H18N4O2S. The van der Waals surface area contributed by atoms with E-state index in [1.54, 1.807) is 4.90 Å². The fraction of sp³-hybridized carbons (Fsp3) is 0.182. The Labute approximate surface area is 170 Å². The van der Waals surface area contributed by atoms with Crippen molar-refractivity contribution in [3.05, 3.63) is 74.5 Å². The van der Waals surface area contributed by atoms with E-state index in [1.165, 1.54) is 15.9 Å². The monoisotopic (exact) mass is 402 g/mol. The number of fused-ring (bicyclic) bond motifs is 2. The highest BCUT2D eigenvalue weighted by Crippen LogP contribution is 2.35. The zero-order valence-electron chi connectivity index (χ0n) is 16.0. The standard InChI is InChI=1S/C22H18N4O2S/c1-3-11-25-16-10-5-4-9-15(16)17(20(25)27)18-21(28)26-22(29-18)23-19(24-26)14-8-6-7-13(2)12-14/h4-10,12H,3,11H2,1-2H3. The van der Waals surface area contributed by atoms with Gasteiger partial charge in [0.05, 0.1) is 11.3 Å². The van der Waals surface area contributed by atoms with E-state index in [0.29, 0.717) is 27.4 Å². The predicted octanol–water partition coefficient (Wildman–Crippen LogP) is 2.80. The number of nitrogens with zero attached hydrogens (tertiary/aromatic N) is 4. The Balaban J connectivity index is 1.72. The number of aromatic nitrogens is 3. The number of thiazole rings is 1. The van der Waals surface area contributed by atoms with Gasteiger partial charge in [-0.2, -0.15) is 9.50 Å². The quantitative estimate of drug-likeness (QED) is 0.529. The molecule has 1 amide bonds. The SMILES string of the molecule is CCCN1C(=O)C(=c2sc3nc(-c4cccc(C)c4)nn3c2=O)c2ccccc21. The molecule has 144 valence electrons. The van der Waals surface area contributed by atoms with Crippen molar-refractivity contribution in [2.45, 2.75) is 20.3 Å². The molecule has 1 aliphatic heterocycles. The number of benzene rings is 2. The minimum atomic E-state index is -0.298. The van der Waals surface area contributed by atoms with E-state index in [9.17, 15) is 9.59 Å². The molecule has 5 rings (SSSR count). The summed E-state index contributed by atoms with van der Waals surface area (Å²) < 4.78 is 1.70. The van der Waals surface area contributed by atoms with E-state index in [-0.39, 0.29) is 11.5 Å². The summed E-state index contributed by atoms with van der Waals surface area (Å²) in [5.41, 5.74) is 3.77. The molecule has 0 radical (unpaired) electrons. The lowest BCUT2D eigenvalue weighted by Crippen LogP contribution is -2.32. The summed E-state index contributed by atoms with van der Waals surface area (Å²) in [6.45, 7) is 4.65. The van der Waals surface area contributed by atoms with Crippen molar-refractivity contribution >= 4 is 33.5 Å². The first-order chi connectivity index (χ1) is 14.1. The van der Waals surface area contributed by atoms with E-state index >= 15 is 0 Å². The van der Waals surface area contributed by atoms with Crippen LogP contribution in [0.25, 0.3) is 21.9 Å².